The van der Waals surface area contributed by atoms with E-state index < -0.39 is 0 Å². The molecule has 1 atom stereocenters. The molecule has 0 radical (unpaired) electrons. The van der Waals surface area contributed by atoms with Crippen LogP contribution in [0.25, 0.3) is 0 Å². The quantitative estimate of drug-likeness (QED) is 0.503. The van der Waals surface area contributed by atoms with Gasteiger partial charge in [-0.3, -0.25) is 4.79 Å². The Morgan fingerprint density at radius 3 is 2.70 bits per heavy atom. The number of carbonyl (C=O) groups is 1. The van der Waals surface area contributed by atoms with Crippen molar-refractivity contribution >= 4 is 29.0 Å². The molecule has 1 N–H and O–H groups in total. The summed E-state index contributed by atoms with van der Waals surface area (Å²) >= 11 is 3.00. The molecule has 1 fully saturated rings. The Kier molecular flexibility index (Phi) is 6.84. The molecule has 2 heterocycles. The Morgan fingerprint density at radius 1 is 1.23 bits per heavy atom. The molecule has 5 nitrogen and oxygen atoms in total. The third kappa shape index (κ3) is 4.92. The maximum atomic E-state index is 13.4. The number of benzene rings is 1. The number of aromatic nitrogens is 3. The first-order valence-corrected chi connectivity index (χ1v) is 12.1. The summed E-state index contributed by atoms with van der Waals surface area (Å²) in [5.41, 5.74) is 0.860. The minimum atomic E-state index is -0.295. The summed E-state index contributed by atoms with van der Waals surface area (Å²) < 4.78 is 15.6. The molecule has 4 rings (SSSR count). The van der Waals surface area contributed by atoms with Gasteiger partial charge < -0.3 is 9.88 Å². The van der Waals surface area contributed by atoms with Crippen LogP contribution in [0.5, 0.6) is 0 Å². The van der Waals surface area contributed by atoms with Crippen LogP contribution in [-0.4, -0.2) is 26.4 Å². The average molecular weight is 445 g/mol. The monoisotopic (exact) mass is 444 g/mol. The van der Waals surface area contributed by atoms with E-state index in [9.17, 15) is 9.18 Å². The minimum Gasteiger partial charge on any atom is -0.344 e. The van der Waals surface area contributed by atoms with Crippen molar-refractivity contribution in [3.8, 4) is 0 Å². The highest BCUT2D eigenvalue weighted by atomic mass is 32.2. The molecule has 0 saturated heterocycles. The average Bonchev–Trinajstić information content (AvgIpc) is 3.42. The first-order chi connectivity index (χ1) is 14.6. The zero-order chi connectivity index (χ0) is 20.9. The molecule has 1 unspecified atom stereocenters. The number of thioether (sulfide) groups is 1. The number of hydrogen-bond acceptors (Lipinski definition) is 5. The van der Waals surface area contributed by atoms with Crippen LogP contribution in [0.15, 0.2) is 46.9 Å². The lowest BCUT2D eigenvalue weighted by molar-refractivity contribution is -0.119. The molecule has 0 bridgehead atoms. The van der Waals surface area contributed by atoms with Gasteiger partial charge in [0.1, 0.15) is 11.6 Å². The second-order valence-electron chi connectivity index (χ2n) is 7.55. The summed E-state index contributed by atoms with van der Waals surface area (Å²) in [7, 11) is 0. The first-order valence-electron chi connectivity index (χ1n) is 10.2. The highest BCUT2D eigenvalue weighted by Crippen LogP contribution is 2.32. The van der Waals surface area contributed by atoms with Gasteiger partial charge in [-0.2, -0.15) is 0 Å². The predicted octanol–water partition coefficient (Wildman–Crippen LogP) is 5.29. The number of rotatable bonds is 7. The van der Waals surface area contributed by atoms with E-state index in [2.05, 4.69) is 20.1 Å². The van der Waals surface area contributed by atoms with Crippen molar-refractivity contribution in [3.63, 3.8) is 0 Å². The summed E-state index contributed by atoms with van der Waals surface area (Å²) in [5.74, 6) is 0.794. The number of aryl methyl sites for hydroxylation is 1. The summed E-state index contributed by atoms with van der Waals surface area (Å²) in [6.07, 6.45) is 6.03. The number of nitrogens with zero attached hydrogens (tertiary/aromatic N) is 3. The van der Waals surface area contributed by atoms with Gasteiger partial charge in [-0.15, -0.1) is 21.5 Å². The molecule has 1 saturated carbocycles. The second kappa shape index (κ2) is 9.75. The summed E-state index contributed by atoms with van der Waals surface area (Å²) in [6.45, 7) is 1.98. The fourth-order valence-corrected chi connectivity index (χ4v) is 5.64. The fraction of sp³-hybridized carbons (Fsp3) is 0.409. The number of amides is 1. The number of thiophene rings is 1. The van der Waals surface area contributed by atoms with E-state index in [1.165, 1.54) is 43.2 Å². The van der Waals surface area contributed by atoms with E-state index >= 15 is 0 Å². The highest BCUT2D eigenvalue weighted by molar-refractivity contribution is 7.99. The molecule has 1 aromatic carbocycles. The lowest BCUT2D eigenvalue weighted by atomic mass is 9.95. The van der Waals surface area contributed by atoms with Crippen LogP contribution >= 0.6 is 23.1 Å². The molecular weight excluding hydrogens is 419 g/mol. The van der Waals surface area contributed by atoms with Crippen molar-refractivity contribution in [1.29, 1.82) is 0 Å². The van der Waals surface area contributed by atoms with Crippen molar-refractivity contribution in [2.45, 2.75) is 56.3 Å². The highest BCUT2D eigenvalue weighted by Gasteiger charge is 2.23. The smallest absolute Gasteiger partial charge is 0.231 e. The predicted molar refractivity (Wildman–Crippen MR) is 118 cm³/mol. The van der Waals surface area contributed by atoms with Gasteiger partial charge in [0.05, 0.1) is 11.8 Å². The van der Waals surface area contributed by atoms with Gasteiger partial charge in [-0.1, -0.05) is 49.2 Å². The van der Waals surface area contributed by atoms with Crippen LogP contribution in [0.2, 0.25) is 0 Å². The van der Waals surface area contributed by atoms with E-state index in [0.717, 1.165) is 34.3 Å². The van der Waals surface area contributed by atoms with E-state index in [1.807, 2.05) is 24.4 Å². The number of hydrogen-bond donors (Lipinski definition) is 1. The van der Waals surface area contributed by atoms with Crippen molar-refractivity contribution in [3.05, 3.63) is 63.9 Å². The van der Waals surface area contributed by atoms with E-state index in [-0.39, 0.29) is 23.5 Å². The summed E-state index contributed by atoms with van der Waals surface area (Å²) in [4.78, 5) is 13.8. The first kappa shape index (κ1) is 21.1. The Labute approximate surface area is 184 Å². The topological polar surface area (TPSA) is 59.8 Å². The van der Waals surface area contributed by atoms with Gasteiger partial charge >= 0.3 is 0 Å². The molecule has 3 aromatic rings. The van der Waals surface area contributed by atoms with E-state index in [0.29, 0.717) is 6.04 Å². The largest absolute Gasteiger partial charge is 0.344 e. The maximum absolute atomic E-state index is 13.4. The lowest BCUT2D eigenvalue weighted by Gasteiger charge is -2.25. The standard InChI is InChI=1S/C22H25FN4OS2/c1-15-25-26-22(27(15)18-6-3-2-4-7-18)30-14-20(28)24-21(19-8-5-13-29-19)16-9-11-17(23)12-10-16/h5,8-13,18,21H,2-4,6-7,14H2,1H3,(H,24,28). The summed E-state index contributed by atoms with van der Waals surface area (Å²) in [6, 6.07) is 10.3. The lowest BCUT2D eigenvalue weighted by Crippen LogP contribution is -2.30. The third-order valence-electron chi connectivity index (χ3n) is 5.44. The Hall–Kier alpha value is -2.19. The molecule has 2 aromatic heterocycles. The van der Waals surface area contributed by atoms with Crippen LogP contribution in [0.4, 0.5) is 4.39 Å². The maximum Gasteiger partial charge on any atom is 0.231 e. The van der Waals surface area contributed by atoms with Crippen molar-refractivity contribution < 1.29 is 9.18 Å². The Bertz CT molecular complexity index is 966. The van der Waals surface area contributed by atoms with Crippen LogP contribution in [0.1, 0.15) is 60.5 Å². The normalized spacial score (nSPS) is 15.8. The fourth-order valence-electron chi connectivity index (χ4n) is 3.97. The van der Waals surface area contributed by atoms with Crippen LogP contribution in [-0.2, 0) is 4.79 Å². The molecular formula is C22H25FN4OS2. The van der Waals surface area contributed by atoms with Gasteiger partial charge in [-0.25, -0.2) is 4.39 Å². The molecule has 158 valence electrons. The van der Waals surface area contributed by atoms with Crippen LogP contribution < -0.4 is 5.32 Å². The number of carbonyl (C=O) groups excluding carboxylic acids is 1. The Balaban J connectivity index is 1.44. The van der Waals surface area contributed by atoms with Crippen LogP contribution in [0.3, 0.4) is 0 Å². The van der Waals surface area contributed by atoms with Crippen LogP contribution in [0, 0.1) is 12.7 Å². The van der Waals surface area contributed by atoms with E-state index in [4.69, 9.17) is 0 Å². The van der Waals surface area contributed by atoms with E-state index in [1.54, 1.807) is 23.5 Å². The molecule has 8 heteroatoms. The van der Waals surface area contributed by atoms with Gasteiger partial charge in [0.25, 0.3) is 0 Å². The van der Waals surface area contributed by atoms with Crippen molar-refractivity contribution in [2.75, 3.05) is 5.75 Å². The molecule has 30 heavy (non-hydrogen) atoms. The minimum absolute atomic E-state index is 0.0847. The molecule has 1 amide bonds. The van der Waals surface area contributed by atoms with Gasteiger partial charge in [0, 0.05) is 10.9 Å². The zero-order valence-corrected chi connectivity index (χ0v) is 18.5. The second-order valence-corrected chi connectivity index (χ2v) is 9.47. The van der Waals surface area contributed by atoms with Gasteiger partial charge in [0.15, 0.2) is 5.16 Å². The summed E-state index contributed by atoms with van der Waals surface area (Å²) in [5, 5.41) is 14.5. The SMILES string of the molecule is Cc1nnc(SCC(=O)NC(c2ccc(F)cc2)c2cccs2)n1C1CCCCC1. The van der Waals surface area contributed by atoms with Gasteiger partial charge in [-0.05, 0) is 48.9 Å². The molecule has 0 spiro atoms. The number of nitrogens with one attached hydrogen (secondary N) is 1. The third-order valence-corrected chi connectivity index (χ3v) is 7.32. The molecule has 0 aliphatic heterocycles. The van der Waals surface area contributed by atoms with Crippen molar-refractivity contribution in [2.24, 2.45) is 0 Å². The molecule has 1 aliphatic carbocycles. The Morgan fingerprint density at radius 2 is 2.00 bits per heavy atom. The zero-order valence-electron chi connectivity index (χ0n) is 16.9. The van der Waals surface area contributed by atoms with Crippen molar-refractivity contribution in [1.82, 2.24) is 20.1 Å². The molecule has 1 aliphatic rings. The number of halogens is 1. The van der Waals surface area contributed by atoms with Gasteiger partial charge in [0.2, 0.25) is 5.91 Å².